The largest absolute Gasteiger partial charge is 0.507 e. The SMILES string of the molecule is CCc1ccc(-c2cc(=O)c3c(o2)C(C)(C)C(=O)C(C)=C3O)cc1. The van der Waals surface area contributed by atoms with Crippen LogP contribution in [0.3, 0.4) is 0 Å². The first kappa shape index (κ1) is 16.2. The first-order valence-electron chi connectivity index (χ1n) is 8.00. The minimum absolute atomic E-state index is 0.0889. The van der Waals surface area contributed by atoms with Crippen molar-refractivity contribution in [2.24, 2.45) is 0 Å². The van der Waals surface area contributed by atoms with E-state index in [4.69, 9.17) is 4.42 Å². The number of aliphatic hydroxyl groups is 1. The van der Waals surface area contributed by atoms with E-state index in [1.807, 2.05) is 24.3 Å². The molecule has 1 aliphatic rings. The average Bonchev–Trinajstić information content (AvgIpc) is 2.58. The highest BCUT2D eigenvalue weighted by Crippen LogP contribution is 2.39. The second-order valence-corrected chi connectivity index (χ2v) is 6.66. The van der Waals surface area contributed by atoms with Crippen molar-refractivity contribution in [3.8, 4) is 11.3 Å². The molecule has 1 heterocycles. The predicted octanol–water partition coefficient (Wildman–Crippen LogP) is 4.02. The molecule has 1 aliphatic carbocycles. The van der Waals surface area contributed by atoms with E-state index in [0.717, 1.165) is 12.0 Å². The van der Waals surface area contributed by atoms with Crippen LogP contribution in [-0.2, 0) is 16.6 Å². The molecular weight excluding hydrogens is 304 g/mol. The highest BCUT2D eigenvalue weighted by Gasteiger charge is 2.43. The Morgan fingerprint density at radius 2 is 1.75 bits per heavy atom. The normalized spacial score (nSPS) is 16.2. The summed E-state index contributed by atoms with van der Waals surface area (Å²) in [6.07, 6.45) is 0.924. The number of fused-ring (bicyclic) bond motifs is 1. The Morgan fingerprint density at radius 3 is 2.33 bits per heavy atom. The van der Waals surface area contributed by atoms with Crippen LogP contribution in [-0.4, -0.2) is 10.9 Å². The maximum atomic E-state index is 12.6. The number of carbonyl (C=O) groups is 1. The number of aryl methyl sites for hydroxylation is 1. The third-order valence-electron chi connectivity index (χ3n) is 4.66. The van der Waals surface area contributed by atoms with Crippen molar-refractivity contribution in [1.29, 1.82) is 0 Å². The number of Topliss-reactive ketones (excluding diaryl/α,β-unsaturated/α-hetero) is 1. The van der Waals surface area contributed by atoms with Gasteiger partial charge in [0.1, 0.15) is 22.8 Å². The molecule has 0 aliphatic heterocycles. The molecule has 1 aromatic carbocycles. The van der Waals surface area contributed by atoms with Gasteiger partial charge >= 0.3 is 0 Å². The van der Waals surface area contributed by atoms with Gasteiger partial charge in [0.2, 0.25) is 0 Å². The molecule has 3 rings (SSSR count). The monoisotopic (exact) mass is 324 g/mol. The van der Waals surface area contributed by atoms with Crippen molar-refractivity contribution in [2.45, 2.75) is 39.5 Å². The molecule has 1 N–H and O–H groups in total. The van der Waals surface area contributed by atoms with E-state index in [1.54, 1.807) is 13.8 Å². The molecule has 0 atom stereocenters. The Balaban J connectivity index is 2.25. The first-order valence-corrected chi connectivity index (χ1v) is 8.00. The molecule has 0 saturated heterocycles. The molecule has 1 aromatic heterocycles. The maximum Gasteiger partial charge on any atom is 0.196 e. The van der Waals surface area contributed by atoms with E-state index in [9.17, 15) is 14.7 Å². The molecule has 0 unspecified atom stereocenters. The summed E-state index contributed by atoms with van der Waals surface area (Å²) in [7, 11) is 0. The standard InChI is InChI=1S/C20H20O4/c1-5-12-6-8-13(9-7-12)15-10-14(21)16-17(22)11(2)18(23)20(3,4)19(16)24-15/h6-10,22H,5H2,1-4H3. The minimum Gasteiger partial charge on any atom is -0.507 e. The number of benzene rings is 1. The Morgan fingerprint density at radius 1 is 1.12 bits per heavy atom. The van der Waals surface area contributed by atoms with Crippen LogP contribution in [0, 0.1) is 0 Å². The third-order valence-corrected chi connectivity index (χ3v) is 4.66. The quantitative estimate of drug-likeness (QED) is 0.906. The molecule has 4 heteroatoms. The fourth-order valence-electron chi connectivity index (χ4n) is 3.07. The molecule has 0 bridgehead atoms. The second kappa shape index (κ2) is 5.48. The number of hydrogen-bond acceptors (Lipinski definition) is 4. The van der Waals surface area contributed by atoms with E-state index in [2.05, 4.69) is 6.92 Å². The molecule has 0 radical (unpaired) electrons. The Labute approximate surface area is 140 Å². The zero-order chi connectivity index (χ0) is 17.6. The topological polar surface area (TPSA) is 67.5 Å². The predicted molar refractivity (Wildman–Crippen MR) is 93.0 cm³/mol. The van der Waals surface area contributed by atoms with Crippen LogP contribution in [0.25, 0.3) is 17.1 Å². The molecule has 4 nitrogen and oxygen atoms in total. The van der Waals surface area contributed by atoms with Gasteiger partial charge in [-0.25, -0.2) is 0 Å². The van der Waals surface area contributed by atoms with Gasteiger partial charge in [-0.3, -0.25) is 9.59 Å². The van der Waals surface area contributed by atoms with Gasteiger partial charge < -0.3 is 9.52 Å². The number of ketones is 1. The number of aliphatic hydroxyl groups excluding tert-OH is 1. The van der Waals surface area contributed by atoms with Crippen molar-refractivity contribution in [2.75, 3.05) is 0 Å². The van der Waals surface area contributed by atoms with Crippen LogP contribution >= 0.6 is 0 Å². The van der Waals surface area contributed by atoms with E-state index in [1.165, 1.54) is 18.6 Å². The highest BCUT2D eigenvalue weighted by atomic mass is 16.3. The summed E-state index contributed by atoms with van der Waals surface area (Å²) in [6, 6.07) is 9.11. The van der Waals surface area contributed by atoms with Gasteiger partial charge in [-0.05, 0) is 32.8 Å². The molecular formula is C20H20O4. The lowest BCUT2D eigenvalue weighted by Crippen LogP contribution is -2.37. The lowest BCUT2D eigenvalue weighted by atomic mass is 9.75. The summed E-state index contributed by atoms with van der Waals surface area (Å²) < 4.78 is 5.93. The summed E-state index contributed by atoms with van der Waals surface area (Å²) >= 11 is 0. The summed E-state index contributed by atoms with van der Waals surface area (Å²) in [5, 5.41) is 10.2. The summed E-state index contributed by atoms with van der Waals surface area (Å²) in [6.45, 7) is 7.01. The lowest BCUT2D eigenvalue weighted by Gasteiger charge is -2.29. The lowest BCUT2D eigenvalue weighted by molar-refractivity contribution is -0.120. The zero-order valence-corrected chi connectivity index (χ0v) is 14.3. The van der Waals surface area contributed by atoms with Gasteiger partial charge in [0.05, 0.1) is 5.41 Å². The zero-order valence-electron chi connectivity index (χ0n) is 14.3. The van der Waals surface area contributed by atoms with Crippen molar-refractivity contribution in [3.63, 3.8) is 0 Å². The summed E-state index contributed by atoms with van der Waals surface area (Å²) in [5.41, 5.74) is 0.894. The number of allylic oxidation sites excluding steroid dienone is 1. The van der Waals surface area contributed by atoms with Gasteiger partial charge in [0, 0.05) is 17.2 Å². The highest BCUT2D eigenvalue weighted by molar-refractivity contribution is 6.09. The van der Waals surface area contributed by atoms with Crippen LogP contribution in [0.4, 0.5) is 0 Å². The van der Waals surface area contributed by atoms with Crippen LogP contribution in [0.1, 0.15) is 44.6 Å². The van der Waals surface area contributed by atoms with E-state index in [-0.39, 0.29) is 33.9 Å². The third kappa shape index (κ3) is 2.30. The molecule has 0 fully saturated rings. The number of hydrogen-bond donors (Lipinski definition) is 1. The Hall–Kier alpha value is -2.62. The fraction of sp³-hybridized carbons (Fsp3) is 0.300. The Kier molecular flexibility index (Phi) is 3.71. The smallest absolute Gasteiger partial charge is 0.196 e. The molecule has 24 heavy (non-hydrogen) atoms. The van der Waals surface area contributed by atoms with Crippen molar-refractivity contribution < 1.29 is 14.3 Å². The molecule has 0 amide bonds. The van der Waals surface area contributed by atoms with Gasteiger partial charge in [-0.2, -0.15) is 0 Å². The first-order chi connectivity index (χ1) is 11.3. The molecule has 0 spiro atoms. The van der Waals surface area contributed by atoms with Crippen molar-refractivity contribution in [1.82, 2.24) is 0 Å². The van der Waals surface area contributed by atoms with Crippen LogP contribution in [0.2, 0.25) is 0 Å². The van der Waals surface area contributed by atoms with Crippen LogP contribution < -0.4 is 5.43 Å². The van der Waals surface area contributed by atoms with Crippen LogP contribution in [0.5, 0.6) is 0 Å². The molecule has 124 valence electrons. The molecule has 0 saturated carbocycles. The summed E-state index contributed by atoms with van der Waals surface area (Å²) in [4.78, 5) is 25.0. The number of carbonyl (C=O) groups excluding carboxylic acids is 1. The van der Waals surface area contributed by atoms with E-state index < -0.39 is 5.41 Å². The second-order valence-electron chi connectivity index (χ2n) is 6.66. The van der Waals surface area contributed by atoms with Gasteiger partial charge in [0.25, 0.3) is 0 Å². The van der Waals surface area contributed by atoms with Crippen LogP contribution in [0.15, 0.2) is 45.1 Å². The van der Waals surface area contributed by atoms with Gasteiger partial charge in [0.15, 0.2) is 11.2 Å². The van der Waals surface area contributed by atoms with E-state index >= 15 is 0 Å². The fourth-order valence-corrected chi connectivity index (χ4v) is 3.07. The van der Waals surface area contributed by atoms with Crippen molar-refractivity contribution >= 4 is 11.5 Å². The van der Waals surface area contributed by atoms with Gasteiger partial charge in [-0.15, -0.1) is 0 Å². The molecule has 2 aromatic rings. The maximum absolute atomic E-state index is 12.6. The van der Waals surface area contributed by atoms with Crippen molar-refractivity contribution in [3.05, 3.63) is 63.0 Å². The Bertz CT molecular complexity index is 912. The summed E-state index contributed by atoms with van der Waals surface area (Å²) in [5.74, 6) is 0.0948. The van der Waals surface area contributed by atoms with Gasteiger partial charge in [-0.1, -0.05) is 31.2 Å². The number of rotatable bonds is 2. The average molecular weight is 324 g/mol. The minimum atomic E-state index is -0.996. The van der Waals surface area contributed by atoms with E-state index in [0.29, 0.717) is 5.76 Å².